The van der Waals surface area contributed by atoms with Gasteiger partial charge < -0.3 is 14.8 Å². The van der Waals surface area contributed by atoms with E-state index in [1.54, 1.807) is 6.92 Å². The third kappa shape index (κ3) is 3.76. The Hall–Kier alpha value is -2.55. The van der Waals surface area contributed by atoms with Gasteiger partial charge in [-0.15, -0.1) is 0 Å². The molecule has 1 aromatic carbocycles. The third-order valence-corrected chi connectivity index (χ3v) is 2.99. The normalized spacial score (nSPS) is 11.8. The predicted octanol–water partition coefficient (Wildman–Crippen LogP) is 2.52. The quantitative estimate of drug-likeness (QED) is 0.609. The lowest BCUT2D eigenvalue weighted by atomic mass is 10.2. The molecule has 10 heteroatoms. The summed E-state index contributed by atoms with van der Waals surface area (Å²) in [6, 6.07) is 4.18. The van der Waals surface area contributed by atoms with E-state index >= 15 is 0 Å². The van der Waals surface area contributed by atoms with Crippen LogP contribution in [-0.2, 0) is 0 Å². The van der Waals surface area contributed by atoms with Crippen LogP contribution in [-0.4, -0.2) is 35.0 Å². The molecular formula is C12H13ClN4O5. The molecule has 0 fully saturated rings. The second-order valence-corrected chi connectivity index (χ2v) is 4.72. The number of nitro groups is 1. The number of benzene rings is 1. The first-order chi connectivity index (χ1) is 10.5. The molecule has 22 heavy (non-hydrogen) atoms. The SMILES string of the molecule is COc1nonc1OC(C)CNc1ccc([N+](=O)[O-])cc1Cl. The zero-order valence-corrected chi connectivity index (χ0v) is 12.5. The number of aromatic nitrogens is 2. The summed E-state index contributed by atoms with van der Waals surface area (Å²) < 4.78 is 14.9. The molecule has 2 aromatic rings. The van der Waals surface area contributed by atoms with Crippen LogP contribution < -0.4 is 14.8 Å². The first-order valence-electron chi connectivity index (χ1n) is 6.22. The number of hydrogen-bond acceptors (Lipinski definition) is 8. The van der Waals surface area contributed by atoms with Gasteiger partial charge in [-0.05, 0) is 23.3 Å². The van der Waals surface area contributed by atoms with Gasteiger partial charge >= 0.3 is 11.8 Å². The number of anilines is 1. The van der Waals surface area contributed by atoms with Crippen molar-refractivity contribution in [2.45, 2.75) is 13.0 Å². The van der Waals surface area contributed by atoms with Gasteiger partial charge in [0.15, 0.2) is 0 Å². The van der Waals surface area contributed by atoms with Crippen LogP contribution in [0.3, 0.4) is 0 Å². The molecule has 1 heterocycles. The molecule has 0 radical (unpaired) electrons. The number of nitro benzene ring substituents is 1. The van der Waals surface area contributed by atoms with Gasteiger partial charge in [0.1, 0.15) is 6.10 Å². The highest BCUT2D eigenvalue weighted by atomic mass is 35.5. The first kappa shape index (κ1) is 15.8. The van der Waals surface area contributed by atoms with Crippen molar-refractivity contribution >= 4 is 23.0 Å². The average molecular weight is 329 g/mol. The van der Waals surface area contributed by atoms with Crippen molar-refractivity contribution in [3.63, 3.8) is 0 Å². The molecule has 0 saturated carbocycles. The summed E-state index contributed by atoms with van der Waals surface area (Å²) in [6.07, 6.45) is -0.299. The average Bonchev–Trinajstić information content (AvgIpc) is 2.92. The van der Waals surface area contributed by atoms with Gasteiger partial charge in [-0.1, -0.05) is 11.6 Å². The molecule has 0 saturated heterocycles. The lowest BCUT2D eigenvalue weighted by molar-refractivity contribution is -0.384. The van der Waals surface area contributed by atoms with Gasteiger partial charge in [0.2, 0.25) is 0 Å². The maximum absolute atomic E-state index is 10.6. The molecule has 9 nitrogen and oxygen atoms in total. The van der Waals surface area contributed by atoms with Crippen molar-refractivity contribution in [1.29, 1.82) is 0 Å². The molecule has 0 bridgehead atoms. The van der Waals surface area contributed by atoms with E-state index in [9.17, 15) is 10.1 Å². The molecule has 0 aliphatic heterocycles. The van der Waals surface area contributed by atoms with Gasteiger partial charge in [-0.25, -0.2) is 4.63 Å². The van der Waals surface area contributed by atoms with Gasteiger partial charge in [0, 0.05) is 12.1 Å². The molecule has 0 aliphatic rings. The summed E-state index contributed by atoms with van der Waals surface area (Å²) in [7, 11) is 1.42. The van der Waals surface area contributed by atoms with Crippen molar-refractivity contribution in [3.8, 4) is 11.8 Å². The fourth-order valence-electron chi connectivity index (χ4n) is 1.62. The minimum Gasteiger partial charge on any atom is -0.475 e. The summed E-state index contributed by atoms with van der Waals surface area (Å²) >= 11 is 5.98. The Bertz CT molecular complexity index is 663. The van der Waals surface area contributed by atoms with E-state index in [0.717, 1.165) is 0 Å². The fourth-order valence-corrected chi connectivity index (χ4v) is 1.86. The highest BCUT2D eigenvalue weighted by Gasteiger charge is 2.16. The highest BCUT2D eigenvalue weighted by Crippen LogP contribution is 2.27. The number of halogens is 1. The van der Waals surface area contributed by atoms with Gasteiger partial charge in [0.25, 0.3) is 5.69 Å². The monoisotopic (exact) mass is 328 g/mol. The Labute approximate surface area is 130 Å². The molecule has 0 aliphatic carbocycles. The Morgan fingerprint density at radius 3 is 2.82 bits per heavy atom. The van der Waals surface area contributed by atoms with Crippen molar-refractivity contribution in [3.05, 3.63) is 33.3 Å². The zero-order chi connectivity index (χ0) is 16.1. The maximum Gasteiger partial charge on any atom is 0.320 e. The van der Waals surface area contributed by atoms with E-state index < -0.39 is 4.92 Å². The summed E-state index contributed by atoms with van der Waals surface area (Å²) in [5.74, 6) is 0.298. The molecule has 1 N–H and O–H groups in total. The van der Waals surface area contributed by atoms with Crippen LogP contribution in [0.4, 0.5) is 11.4 Å². The zero-order valence-electron chi connectivity index (χ0n) is 11.8. The summed E-state index contributed by atoms with van der Waals surface area (Å²) in [5.41, 5.74) is 0.492. The van der Waals surface area contributed by atoms with Crippen LogP contribution in [0.5, 0.6) is 11.8 Å². The maximum atomic E-state index is 10.6. The smallest absolute Gasteiger partial charge is 0.320 e. The number of ether oxygens (including phenoxy) is 2. The molecular weight excluding hydrogens is 316 g/mol. The van der Waals surface area contributed by atoms with Crippen molar-refractivity contribution < 1.29 is 19.0 Å². The summed E-state index contributed by atoms with van der Waals surface area (Å²) in [4.78, 5) is 10.1. The van der Waals surface area contributed by atoms with Crippen LogP contribution in [0, 0.1) is 10.1 Å². The Balaban J connectivity index is 1.93. The number of rotatable bonds is 7. The van der Waals surface area contributed by atoms with Gasteiger partial charge in [-0.2, -0.15) is 0 Å². The molecule has 0 amide bonds. The summed E-state index contributed by atoms with van der Waals surface area (Å²) in [6.45, 7) is 2.17. The number of methoxy groups -OCH3 is 1. The minimum atomic E-state index is -0.509. The van der Waals surface area contributed by atoms with E-state index in [1.807, 2.05) is 0 Å². The van der Waals surface area contributed by atoms with Crippen LogP contribution in [0.2, 0.25) is 5.02 Å². The standard InChI is InChI=1S/C12H13ClN4O5/c1-7(21-12-11(20-2)15-22-16-12)6-14-10-4-3-8(17(18)19)5-9(10)13/h3-5,7,14H,6H2,1-2H3. The third-order valence-electron chi connectivity index (χ3n) is 2.68. The second kappa shape index (κ2) is 6.94. The topological polar surface area (TPSA) is 113 Å². The Kier molecular flexibility index (Phi) is 4.99. The van der Waals surface area contributed by atoms with Crippen LogP contribution in [0.25, 0.3) is 0 Å². The number of nitrogens with one attached hydrogen (secondary N) is 1. The second-order valence-electron chi connectivity index (χ2n) is 4.31. The van der Waals surface area contributed by atoms with Crippen molar-refractivity contribution in [1.82, 2.24) is 10.3 Å². The largest absolute Gasteiger partial charge is 0.475 e. The number of nitrogens with zero attached hydrogens (tertiary/aromatic N) is 3. The number of non-ortho nitro benzene ring substituents is 1. The molecule has 1 aromatic heterocycles. The van der Waals surface area contributed by atoms with Crippen LogP contribution in [0.1, 0.15) is 6.92 Å². The van der Waals surface area contributed by atoms with Crippen LogP contribution in [0.15, 0.2) is 22.8 Å². The van der Waals surface area contributed by atoms with Crippen molar-refractivity contribution in [2.75, 3.05) is 19.0 Å². The fraction of sp³-hybridized carbons (Fsp3) is 0.333. The molecule has 1 unspecified atom stereocenters. The molecule has 2 rings (SSSR count). The van der Waals surface area contributed by atoms with E-state index in [4.69, 9.17) is 21.1 Å². The van der Waals surface area contributed by atoms with E-state index in [0.29, 0.717) is 12.2 Å². The minimum absolute atomic E-state index is 0.0711. The first-order valence-corrected chi connectivity index (χ1v) is 6.60. The summed E-state index contributed by atoms with van der Waals surface area (Å²) in [5, 5.41) is 21.0. The predicted molar refractivity (Wildman–Crippen MR) is 77.5 cm³/mol. The lowest BCUT2D eigenvalue weighted by Crippen LogP contribution is -2.23. The van der Waals surface area contributed by atoms with E-state index in [2.05, 4.69) is 20.3 Å². The Morgan fingerprint density at radius 1 is 1.45 bits per heavy atom. The molecule has 1 atom stereocenters. The number of hydrogen-bond donors (Lipinski definition) is 1. The van der Waals surface area contributed by atoms with Crippen LogP contribution >= 0.6 is 11.6 Å². The van der Waals surface area contributed by atoms with Gasteiger partial charge in [0.05, 0.1) is 29.3 Å². The highest BCUT2D eigenvalue weighted by molar-refractivity contribution is 6.33. The van der Waals surface area contributed by atoms with Crippen molar-refractivity contribution in [2.24, 2.45) is 0 Å². The Morgan fingerprint density at radius 2 is 2.18 bits per heavy atom. The van der Waals surface area contributed by atoms with E-state index in [-0.39, 0.29) is 28.6 Å². The molecule has 0 spiro atoms. The lowest BCUT2D eigenvalue weighted by Gasteiger charge is -2.14. The van der Waals surface area contributed by atoms with Gasteiger partial charge in [-0.3, -0.25) is 10.1 Å². The van der Waals surface area contributed by atoms with E-state index in [1.165, 1.54) is 25.3 Å². The molecule has 118 valence electrons.